The highest BCUT2D eigenvalue weighted by molar-refractivity contribution is 7.89. The first kappa shape index (κ1) is 27.0. The number of carbonyl (C=O) groups excluding carboxylic acids is 2. The summed E-state index contributed by atoms with van der Waals surface area (Å²) in [7, 11) is 2.34. The van der Waals surface area contributed by atoms with Crippen molar-refractivity contribution in [2.24, 2.45) is 7.05 Å². The molecule has 0 saturated carbocycles. The molecule has 0 unspecified atom stereocenters. The van der Waals surface area contributed by atoms with Gasteiger partial charge in [0.25, 0.3) is 0 Å². The first-order valence-electron chi connectivity index (χ1n) is 11.2. The van der Waals surface area contributed by atoms with Gasteiger partial charge in [-0.1, -0.05) is 6.07 Å². The number of hydrogen-bond acceptors (Lipinski definition) is 7. The van der Waals surface area contributed by atoms with Crippen LogP contribution in [0.5, 0.6) is 5.75 Å². The van der Waals surface area contributed by atoms with Crippen LogP contribution < -0.4 is 15.8 Å². The van der Waals surface area contributed by atoms with E-state index in [1.165, 1.54) is 19.1 Å². The number of sulfonamides is 1. The molecule has 3 rings (SSSR count). The molecule has 0 fully saturated rings. The Morgan fingerprint density at radius 1 is 1.14 bits per heavy atom. The first-order chi connectivity index (χ1) is 16.8. The molecule has 194 valence electrons. The van der Waals surface area contributed by atoms with E-state index in [0.717, 1.165) is 20.9 Å². The Bertz CT molecular complexity index is 1390. The van der Waals surface area contributed by atoms with Crippen LogP contribution in [0.1, 0.15) is 16.7 Å². The normalized spacial score (nSPS) is 11.6. The maximum atomic E-state index is 13.1. The van der Waals surface area contributed by atoms with Crippen LogP contribution >= 0.6 is 0 Å². The minimum atomic E-state index is -3.93. The van der Waals surface area contributed by atoms with E-state index in [4.69, 9.17) is 10.5 Å². The number of fused-ring (bicyclic) bond motifs is 1. The number of carbonyl (C=O) groups is 2. The molecule has 1 aromatic heterocycles. The Kier molecular flexibility index (Phi) is 7.89. The highest BCUT2D eigenvalue weighted by Crippen LogP contribution is 2.27. The number of benzene rings is 2. The van der Waals surface area contributed by atoms with Crippen molar-refractivity contribution < 1.29 is 22.7 Å². The van der Waals surface area contributed by atoms with Gasteiger partial charge in [-0.05, 0) is 54.8 Å². The van der Waals surface area contributed by atoms with Crippen molar-refractivity contribution in [3.05, 3.63) is 47.0 Å². The van der Waals surface area contributed by atoms with Crippen LogP contribution in [-0.2, 0) is 33.2 Å². The molecule has 0 aliphatic rings. The number of methoxy groups -OCH3 is 1. The van der Waals surface area contributed by atoms with Crippen LogP contribution in [-0.4, -0.2) is 73.3 Å². The average molecular weight is 517 g/mol. The molecule has 0 bridgehead atoms. The Morgan fingerprint density at radius 2 is 1.78 bits per heavy atom. The number of anilines is 1. The van der Waals surface area contributed by atoms with Gasteiger partial charge in [0.05, 0.1) is 36.1 Å². The van der Waals surface area contributed by atoms with Crippen LogP contribution in [0.3, 0.4) is 0 Å². The van der Waals surface area contributed by atoms with Gasteiger partial charge in [-0.25, -0.2) is 13.4 Å². The second kappa shape index (κ2) is 10.5. The zero-order valence-electron chi connectivity index (χ0n) is 21.3. The number of amides is 2. The second-order valence-electron chi connectivity index (χ2n) is 8.73. The quantitative estimate of drug-likeness (QED) is 0.435. The fraction of sp³-hybridized carbons (Fsp3) is 0.375. The summed E-state index contributed by atoms with van der Waals surface area (Å²) in [6, 6.07) is 8.86. The lowest BCUT2D eigenvalue weighted by molar-refractivity contribution is -0.132. The summed E-state index contributed by atoms with van der Waals surface area (Å²) in [5.41, 5.74) is 9.37. The highest BCUT2D eigenvalue weighted by atomic mass is 32.2. The predicted octanol–water partition coefficient (Wildman–Crippen LogP) is 1.18. The highest BCUT2D eigenvalue weighted by Gasteiger charge is 2.27. The fourth-order valence-electron chi connectivity index (χ4n) is 3.96. The molecule has 2 aromatic carbocycles. The van der Waals surface area contributed by atoms with Gasteiger partial charge in [-0.3, -0.25) is 9.59 Å². The smallest absolute Gasteiger partial charge is 0.243 e. The molecule has 0 radical (unpaired) electrons. The van der Waals surface area contributed by atoms with Crippen molar-refractivity contribution in [1.29, 1.82) is 0 Å². The SMILES string of the molecule is COc1cc(C)c(S(=O)(=O)N(C)CC(=O)NCC(=O)N(C)Cc2ccc3nc(N)n(C)c3c2)c(C)c1. The third-order valence-corrected chi connectivity index (χ3v) is 8.08. The minimum absolute atomic E-state index is 0.126. The maximum Gasteiger partial charge on any atom is 0.243 e. The van der Waals surface area contributed by atoms with E-state index >= 15 is 0 Å². The number of aryl methyl sites for hydroxylation is 3. The van der Waals surface area contributed by atoms with Gasteiger partial charge >= 0.3 is 0 Å². The molecule has 0 aliphatic heterocycles. The van der Waals surface area contributed by atoms with Gasteiger partial charge in [-0.2, -0.15) is 4.31 Å². The van der Waals surface area contributed by atoms with Gasteiger partial charge in [0, 0.05) is 27.7 Å². The number of nitrogens with two attached hydrogens (primary N) is 1. The Hall–Kier alpha value is -3.64. The Labute approximate surface area is 210 Å². The lowest BCUT2D eigenvalue weighted by atomic mass is 10.1. The summed E-state index contributed by atoms with van der Waals surface area (Å²) in [5, 5.41) is 2.51. The number of nitrogen functional groups attached to an aromatic ring is 1. The summed E-state index contributed by atoms with van der Waals surface area (Å²) in [6.45, 7) is 2.98. The standard InChI is InChI=1S/C24H32N6O5S/c1-15-9-18(35-6)10-16(2)23(15)36(33,34)29(4)14-21(31)26-12-22(32)28(3)13-17-7-8-19-20(11-17)30(5)24(25)27-19/h7-11H,12-14H2,1-6H3,(H2,25,27)(H,26,31). The zero-order chi connectivity index (χ0) is 26.8. The third kappa shape index (κ3) is 5.60. The molecule has 0 spiro atoms. The number of hydrogen-bond donors (Lipinski definition) is 2. The van der Waals surface area contributed by atoms with Crippen LogP contribution in [0.15, 0.2) is 35.2 Å². The molecule has 0 atom stereocenters. The van der Waals surface area contributed by atoms with Crippen molar-refractivity contribution in [2.75, 3.05) is 40.0 Å². The summed E-state index contributed by atoms with van der Waals surface area (Å²) >= 11 is 0. The van der Waals surface area contributed by atoms with Crippen molar-refractivity contribution in [3.8, 4) is 5.75 Å². The number of ether oxygens (including phenoxy) is 1. The average Bonchev–Trinajstić information content (AvgIpc) is 3.09. The zero-order valence-corrected chi connectivity index (χ0v) is 22.1. The molecule has 2 amide bonds. The van der Waals surface area contributed by atoms with Gasteiger partial charge in [0.2, 0.25) is 27.8 Å². The minimum Gasteiger partial charge on any atom is -0.497 e. The van der Waals surface area contributed by atoms with Crippen LogP contribution in [0.4, 0.5) is 5.95 Å². The van der Waals surface area contributed by atoms with E-state index in [1.54, 1.807) is 37.6 Å². The summed E-state index contributed by atoms with van der Waals surface area (Å²) in [4.78, 5) is 30.9. The number of nitrogens with zero attached hydrogens (tertiary/aromatic N) is 4. The number of rotatable bonds is 9. The van der Waals surface area contributed by atoms with Crippen molar-refractivity contribution in [3.63, 3.8) is 0 Å². The third-order valence-electron chi connectivity index (χ3n) is 5.97. The molecule has 1 heterocycles. The molecule has 11 nitrogen and oxygen atoms in total. The number of imidazole rings is 1. The van der Waals surface area contributed by atoms with Gasteiger partial charge in [-0.15, -0.1) is 0 Å². The van der Waals surface area contributed by atoms with Gasteiger partial charge in [0.15, 0.2) is 0 Å². The van der Waals surface area contributed by atoms with Gasteiger partial charge in [0.1, 0.15) is 5.75 Å². The molecule has 0 aliphatic carbocycles. The summed E-state index contributed by atoms with van der Waals surface area (Å²) < 4.78 is 34.1. The lowest BCUT2D eigenvalue weighted by Crippen LogP contribution is -2.43. The van der Waals surface area contributed by atoms with E-state index in [2.05, 4.69) is 10.3 Å². The lowest BCUT2D eigenvalue weighted by Gasteiger charge is -2.21. The fourth-order valence-corrected chi connectivity index (χ4v) is 5.49. The maximum absolute atomic E-state index is 13.1. The molecular formula is C24H32N6O5S. The molecule has 12 heteroatoms. The topological polar surface area (TPSA) is 140 Å². The van der Waals surface area contributed by atoms with E-state index in [9.17, 15) is 18.0 Å². The van der Waals surface area contributed by atoms with Crippen molar-refractivity contribution in [1.82, 2.24) is 24.1 Å². The molecule has 36 heavy (non-hydrogen) atoms. The van der Waals surface area contributed by atoms with Crippen molar-refractivity contribution >= 4 is 38.8 Å². The van der Waals surface area contributed by atoms with Crippen LogP contribution in [0.2, 0.25) is 0 Å². The van der Waals surface area contributed by atoms with Crippen molar-refractivity contribution in [2.45, 2.75) is 25.3 Å². The summed E-state index contributed by atoms with van der Waals surface area (Å²) in [5.74, 6) is 0.0497. The van der Waals surface area contributed by atoms with Crippen LogP contribution in [0.25, 0.3) is 11.0 Å². The Balaban J connectivity index is 1.58. The number of nitrogens with one attached hydrogen (secondary N) is 1. The monoisotopic (exact) mass is 516 g/mol. The molecular weight excluding hydrogens is 484 g/mol. The van der Waals surface area contributed by atoms with E-state index < -0.39 is 22.5 Å². The molecule has 0 saturated heterocycles. The predicted molar refractivity (Wildman–Crippen MR) is 137 cm³/mol. The molecule has 3 N–H and O–H groups in total. The van der Waals surface area contributed by atoms with Crippen LogP contribution in [0, 0.1) is 13.8 Å². The van der Waals surface area contributed by atoms with E-state index in [-0.39, 0.29) is 17.3 Å². The first-order valence-corrected chi connectivity index (χ1v) is 12.6. The van der Waals surface area contributed by atoms with E-state index in [0.29, 0.717) is 29.4 Å². The summed E-state index contributed by atoms with van der Waals surface area (Å²) in [6.07, 6.45) is 0. The Morgan fingerprint density at radius 3 is 2.39 bits per heavy atom. The largest absolute Gasteiger partial charge is 0.497 e. The second-order valence-corrected chi connectivity index (χ2v) is 10.7. The number of likely N-dealkylation sites (N-methyl/N-ethyl adjacent to an activating group) is 2. The number of aromatic nitrogens is 2. The van der Waals surface area contributed by atoms with E-state index in [1.807, 2.05) is 25.2 Å². The van der Waals surface area contributed by atoms with Gasteiger partial charge < -0.3 is 25.3 Å². The molecule has 3 aromatic rings.